The monoisotopic (exact) mass is 282 g/mol. The predicted octanol–water partition coefficient (Wildman–Crippen LogP) is 1.89. The van der Waals surface area contributed by atoms with Crippen LogP contribution in [0.2, 0.25) is 5.02 Å². The third-order valence-corrected chi connectivity index (χ3v) is 3.32. The first-order valence-corrected chi connectivity index (χ1v) is 6.93. The summed E-state index contributed by atoms with van der Waals surface area (Å²) < 4.78 is 5.59. The summed E-state index contributed by atoms with van der Waals surface area (Å²) in [6, 6.07) is 5.87. The van der Waals surface area contributed by atoms with E-state index in [4.69, 9.17) is 22.1 Å². The van der Waals surface area contributed by atoms with Gasteiger partial charge in [0.15, 0.2) is 6.10 Å². The van der Waals surface area contributed by atoms with Crippen molar-refractivity contribution in [2.75, 3.05) is 6.54 Å². The van der Waals surface area contributed by atoms with Crippen LogP contribution in [0, 0.1) is 0 Å². The van der Waals surface area contributed by atoms with Crippen molar-refractivity contribution in [1.82, 2.24) is 5.32 Å². The minimum absolute atomic E-state index is 0.0930. The number of carbonyl (C=O) groups is 1. The lowest BCUT2D eigenvalue weighted by Gasteiger charge is -2.16. The summed E-state index contributed by atoms with van der Waals surface area (Å²) >= 11 is 6.13. The first-order valence-electron chi connectivity index (χ1n) is 6.55. The molecule has 1 atom stereocenters. The molecule has 0 aromatic heterocycles. The van der Waals surface area contributed by atoms with E-state index in [0.717, 1.165) is 24.8 Å². The largest absolute Gasteiger partial charge is 0.479 e. The molecular formula is C14H19ClN2O2. The molecule has 1 aliphatic rings. The SMILES string of the molecule is CC(Oc1ccc(CCN)cc1Cl)C(=O)NC1CC1. The second-order valence-electron chi connectivity index (χ2n) is 4.85. The van der Waals surface area contributed by atoms with Crippen molar-refractivity contribution in [3.05, 3.63) is 28.8 Å². The van der Waals surface area contributed by atoms with E-state index < -0.39 is 6.10 Å². The standard InChI is InChI=1S/C14H19ClN2O2/c1-9(14(18)17-11-3-4-11)19-13-5-2-10(6-7-16)8-12(13)15/h2,5,8-9,11H,3-4,6-7,16H2,1H3,(H,17,18). The molecule has 19 heavy (non-hydrogen) atoms. The fourth-order valence-electron chi connectivity index (χ4n) is 1.75. The molecule has 0 heterocycles. The van der Waals surface area contributed by atoms with E-state index in [9.17, 15) is 4.79 Å². The number of rotatable bonds is 6. The van der Waals surface area contributed by atoms with Gasteiger partial charge < -0.3 is 15.8 Å². The Bertz CT molecular complexity index is 461. The van der Waals surface area contributed by atoms with E-state index in [1.54, 1.807) is 13.0 Å². The number of amides is 1. The van der Waals surface area contributed by atoms with Gasteiger partial charge in [0.2, 0.25) is 0 Å². The van der Waals surface area contributed by atoms with Crippen molar-refractivity contribution in [1.29, 1.82) is 0 Å². The molecule has 1 saturated carbocycles. The van der Waals surface area contributed by atoms with E-state index in [2.05, 4.69) is 5.32 Å². The molecule has 0 spiro atoms. The van der Waals surface area contributed by atoms with Crippen LogP contribution >= 0.6 is 11.6 Å². The molecule has 0 saturated heterocycles. The van der Waals surface area contributed by atoms with Crippen molar-refractivity contribution in [3.63, 3.8) is 0 Å². The van der Waals surface area contributed by atoms with Gasteiger partial charge >= 0.3 is 0 Å². The van der Waals surface area contributed by atoms with Crippen molar-refractivity contribution in [3.8, 4) is 5.75 Å². The van der Waals surface area contributed by atoms with Crippen molar-refractivity contribution >= 4 is 17.5 Å². The highest BCUT2D eigenvalue weighted by Gasteiger charge is 2.26. The van der Waals surface area contributed by atoms with Gasteiger partial charge in [-0.15, -0.1) is 0 Å². The Morgan fingerprint density at radius 2 is 2.32 bits per heavy atom. The predicted molar refractivity (Wildman–Crippen MR) is 75.5 cm³/mol. The number of carbonyl (C=O) groups excluding carboxylic acids is 1. The first kappa shape index (κ1) is 14.2. The highest BCUT2D eigenvalue weighted by Crippen LogP contribution is 2.27. The second kappa shape index (κ2) is 6.26. The topological polar surface area (TPSA) is 64.3 Å². The summed E-state index contributed by atoms with van der Waals surface area (Å²) in [6.45, 7) is 2.30. The van der Waals surface area contributed by atoms with Crippen LogP contribution in [-0.4, -0.2) is 24.6 Å². The zero-order valence-electron chi connectivity index (χ0n) is 11.0. The molecule has 4 nitrogen and oxygen atoms in total. The lowest BCUT2D eigenvalue weighted by atomic mass is 10.1. The quantitative estimate of drug-likeness (QED) is 0.837. The zero-order chi connectivity index (χ0) is 13.8. The molecule has 2 rings (SSSR count). The summed E-state index contributed by atoms with van der Waals surface area (Å²) in [5.74, 6) is 0.436. The van der Waals surface area contributed by atoms with E-state index in [0.29, 0.717) is 23.4 Å². The summed E-state index contributed by atoms with van der Waals surface area (Å²) in [6.07, 6.45) is 2.36. The van der Waals surface area contributed by atoms with Gasteiger partial charge in [-0.25, -0.2) is 0 Å². The summed E-state index contributed by atoms with van der Waals surface area (Å²) in [5.41, 5.74) is 6.56. The molecule has 0 aliphatic heterocycles. The van der Waals surface area contributed by atoms with E-state index in [-0.39, 0.29) is 5.91 Å². The van der Waals surface area contributed by atoms with Crippen molar-refractivity contribution in [2.24, 2.45) is 5.73 Å². The minimum atomic E-state index is -0.543. The average molecular weight is 283 g/mol. The molecule has 1 fully saturated rings. The lowest BCUT2D eigenvalue weighted by molar-refractivity contribution is -0.127. The fraction of sp³-hybridized carbons (Fsp3) is 0.500. The molecule has 1 unspecified atom stereocenters. The number of ether oxygens (including phenoxy) is 1. The van der Waals surface area contributed by atoms with Crippen LogP contribution < -0.4 is 15.8 Å². The highest BCUT2D eigenvalue weighted by atomic mass is 35.5. The minimum Gasteiger partial charge on any atom is -0.479 e. The number of nitrogens with two attached hydrogens (primary N) is 1. The summed E-state index contributed by atoms with van der Waals surface area (Å²) in [5, 5.41) is 3.41. The molecule has 5 heteroatoms. The van der Waals surface area contributed by atoms with Gasteiger partial charge in [-0.1, -0.05) is 17.7 Å². The molecule has 3 N–H and O–H groups in total. The smallest absolute Gasteiger partial charge is 0.260 e. The molecule has 1 aromatic rings. The van der Waals surface area contributed by atoms with Gasteiger partial charge in [0.1, 0.15) is 5.75 Å². The van der Waals surface area contributed by atoms with Gasteiger partial charge in [0, 0.05) is 6.04 Å². The zero-order valence-corrected chi connectivity index (χ0v) is 11.7. The number of benzene rings is 1. The van der Waals surface area contributed by atoms with Gasteiger partial charge in [-0.05, 0) is 50.4 Å². The van der Waals surface area contributed by atoms with E-state index in [1.807, 2.05) is 12.1 Å². The fourth-order valence-corrected chi connectivity index (χ4v) is 2.00. The first-order chi connectivity index (χ1) is 9.10. The number of hydrogen-bond acceptors (Lipinski definition) is 3. The average Bonchev–Trinajstić information content (AvgIpc) is 3.16. The molecule has 1 aromatic carbocycles. The van der Waals surface area contributed by atoms with Gasteiger partial charge in [-0.2, -0.15) is 0 Å². The van der Waals surface area contributed by atoms with E-state index in [1.165, 1.54) is 0 Å². The Labute approximate surface area is 118 Å². The molecule has 1 amide bonds. The maximum Gasteiger partial charge on any atom is 0.260 e. The molecule has 0 radical (unpaired) electrons. The van der Waals surface area contributed by atoms with Crippen LogP contribution in [0.5, 0.6) is 5.75 Å². The molecular weight excluding hydrogens is 264 g/mol. The molecule has 1 aliphatic carbocycles. The third-order valence-electron chi connectivity index (χ3n) is 3.03. The summed E-state index contributed by atoms with van der Waals surface area (Å²) in [4.78, 5) is 11.8. The van der Waals surface area contributed by atoms with Crippen LogP contribution in [0.1, 0.15) is 25.3 Å². The third kappa shape index (κ3) is 4.11. The Morgan fingerprint density at radius 1 is 1.58 bits per heavy atom. The Kier molecular flexibility index (Phi) is 4.66. The van der Waals surface area contributed by atoms with Gasteiger partial charge in [0.25, 0.3) is 5.91 Å². The normalized spacial score (nSPS) is 15.9. The Morgan fingerprint density at radius 3 is 2.89 bits per heavy atom. The summed E-state index contributed by atoms with van der Waals surface area (Å²) in [7, 11) is 0. The van der Waals surface area contributed by atoms with Gasteiger partial charge in [0.05, 0.1) is 5.02 Å². The second-order valence-corrected chi connectivity index (χ2v) is 5.25. The van der Waals surface area contributed by atoms with E-state index >= 15 is 0 Å². The highest BCUT2D eigenvalue weighted by molar-refractivity contribution is 6.32. The number of hydrogen-bond donors (Lipinski definition) is 2. The Balaban J connectivity index is 1.95. The van der Waals surface area contributed by atoms with Gasteiger partial charge in [-0.3, -0.25) is 4.79 Å². The maximum atomic E-state index is 11.8. The molecule has 0 bridgehead atoms. The van der Waals surface area contributed by atoms with Crippen LogP contribution in [-0.2, 0) is 11.2 Å². The maximum absolute atomic E-state index is 11.8. The number of nitrogens with one attached hydrogen (secondary N) is 1. The van der Waals surface area contributed by atoms with Crippen molar-refractivity contribution < 1.29 is 9.53 Å². The van der Waals surface area contributed by atoms with Crippen LogP contribution in [0.4, 0.5) is 0 Å². The van der Waals surface area contributed by atoms with Crippen molar-refractivity contribution in [2.45, 2.75) is 38.3 Å². The van der Waals surface area contributed by atoms with Crippen LogP contribution in [0.3, 0.4) is 0 Å². The van der Waals surface area contributed by atoms with Crippen LogP contribution in [0.25, 0.3) is 0 Å². The lowest BCUT2D eigenvalue weighted by Crippen LogP contribution is -2.37. The van der Waals surface area contributed by atoms with Crippen LogP contribution in [0.15, 0.2) is 18.2 Å². The molecule has 104 valence electrons. The number of halogens is 1. The Hall–Kier alpha value is -1.26.